The minimum Gasteiger partial charge on any atom is -0.324 e. The normalized spacial score (nSPS) is 16.9. The van der Waals surface area contributed by atoms with E-state index < -0.39 is 16.1 Å². The summed E-state index contributed by atoms with van der Waals surface area (Å²) in [6, 6.07) is 8.66. The Kier molecular flexibility index (Phi) is 6.43. The molecule has 2 amide bonds. The van der Waals surface area contributed by atoms with E-state index in [1.54, 1.807) is 11.0 Å². The molecule has 1 aromatic carbocycles. The summed E-state index contributed by atoms with van der Waals surface area (Å²) in [5.74, 6) is 0.648. The number of nitrogens with zero attached hydrogens (tertiary/aromatic N) is 1. The fourth-order valence-electron chi connectivity index (χ4n) is 2.95. The molecule has 0 aliphatic carbocycles. The second-order valence-corrected chi connectivity index (χ2v) is 8.15. The van der Waals surface area contributed by atoms with Crippen molar-refractivity contribution in [3.05, 3.63) is 40.8 Å². The van der Waals surface area contributed by atoms with Gasteiger partial charge in [0.15, 0.2) is 0 Å². The fraction of sp³-hybridized carbons (Fsp3) is 0.500. The standard InChI is InChI=1S/C18H26N2O3S/c1-3-7-16-10-12-20(13-11-16)18(21)19-24(22,23)15(2)14-17-8-5-4-6-9-17/h4-6,8-9,14,16H,3,7,10-13H2,1-2H3,(H,19,21). The van der Waals surface area contributed by atoms with Gasteiger partial charge in [0.1, 0.15) is 0 Å². The van der Waals surface area contributed by atoms with Gasteiger partial charge < -0.3 is 4.90 Å². The first-order chi connectivity index (χ1) is 11.4. The minimum absolute atomic E-state index is 0.128. The molecule has 2 rings (SSSR count). The first-order valence-electron chi connectivity index (χ1n) is 8.47. The van der Waals surface area contributed by atoms with Crippen LogP contribution in [0.25, 0.3) is 6.08 Å². The van der Waals surface area contributed by atoms with Gasteiger partial charge in [-0.1, -0.05) is 50.1 Å². The average Bonchev–Trinajstić information content (AvgIpc) is 2.56. The molecule has 1 fully saturated rings. The number of rotatable bonds is 5. The van der Waals surface area contributed by atoms with E-state index in [4.69, 9.17) is 0 Å². The molecule has 5 nitrogen and oxygen atoms in total. The molecule has 132 valence electrons. The third-order valence-corrected chi connectivity index (χ3v) is 5.82. The minimum atomic E-state index is -3.81. The zero-order valence-corrected chi connectivity index (χ0v) is 15.2. The molecule has 0 saturated carbocycles. The molecule has 24 heavy (non-hydrogen) atoms. The van der Waals surface area contributed by atoms with E-state index in [0.29, 0.717) is 19.0 Å². The quantitative estimate of drug-likeness (QED) is 0.882. The summed E-state index contributed by atoms with van der Waals surface area (Å²) in [6.07, 6.45) is 5.77. The van der Waals surface area contributed by atoms with Gasteiger partial charge >= 0.3 is 6.03 Å². The molecule has 1 heterocycles. The average molecular weight is 350 g/mol. The molecular formula is C18H26N2O3S. The SMILES string of the molecule is CCCC1CCN(C(=O)NS(=O)(=O)C(C)=Cc2ccccc2)CC1. The number of sulfonamides is 1. The molecule has 6 heteroatoms. The van der Waals surface area contributed by atoms with E-state index in [1.807, 2.05) is 30.3 Å². The molecule has 1 saturated heterocycles. The first kappa shape index (κ1) is 18.5. The fourth-order valence-corrected chi connectivity index (χ4v) is 3.77. The van der Waals surface area contributed by atoms with Gasteiger partial charge in [0.05, 0.1) is 4.91 Å². The van der Waals surface area contributed by atoms with Gasteiger partial charge in [0.2, 0.25) is 0 Å². The highest BCUT2D eigenvalue weighted by molar-refractivity contribution is 7.94. The maximum atomic E-state index is 12.3. The van der Waals surface area contributed by atoms with Crippen LogP contribution in [-0.4, -0.2) is 32.4 Å². The molecule has 0 aromatic heterocycles. The van der Waals surface area contributed by atoms with E-state index in [-0.39, 0.29) is 4.91 Å². The Morgan fingerprint density at radius 3 is 2.46 bits per heavy atom. The van der Waals surface area contributed by atoms with Gasteiger partial charge in [-0.2, -0.15) is 0 Å². The van der Waals surface area contributed by atoms with Crippen LogP contribution in [0.3, 0.4) is 0 Å². The molecule has 1 aliphatic heterocycles. The van der Waals surface area contributed by atoms with Crippen LogP contribution in [0.1, 0.15) is 45.1 Å². The maximum Gasteiger partial charge on any atom is 0.331 e. The largest absolute Gasteiger partial charge is 0.331 e. The van der Waals surface area contributed by atoms with E-state index in [9.17, 15) is 13.2 Å². The number of allylic oxidation sites excluding steroid dienone is 1. The summed E-state index contributed by atoms with van der Waals surface area (Å²) < 4.78 is 26.8. The molecule has 0 bridgehead atoms. The van der Waals surface area contributed by atoms with Crippen molar-refractivity contribution in [3.8, 4) is 0 Å². The Balaban J connectivity index is 1.96. The third kappa shape index (κ3) is 5.09. The number of carbonyl (C=O) groups excluding carboxylic acids is 1. The van der Waals surface area contributed by atoms with Gasteiger partial charge in [0.25, 0.3) is 10.0 Å². The molecule has 1 aliphatic rings. The van der Waals surface area contributed by atoms with Crippen LogP contribution >= 0.6 is 0 Å². The zero-order chi connectivity index (χ0) is 17.6. The second kappa shape index (κ2) is 8.33. The van der Waals surface area contributed by atoms with Gasteiger partial charge in [-0.25, -0.2) is 17.9 Å². The van der Waals surface area contributed by atoms with E-state index >= 15 is 0 Å². The highest BCUT2D eigenvalue weighted by Crippen LogP contribution is 2.22. The maximum absolute atomic E-state index is 12.3. The number of amides is 2. The monoisotopic (exact) mass is 350 g/mol. The highest BCUT2D eigenvalue weighted by atomic mass is 32.2. The van der Waals surface area contributed by atoms with E-state index in [1.165, 1.54) is 13.3 Å². The van der Waals surface area contributed by atoms with Crippen molar-refractivity contribution in [3.63, 3.8) is 0 Å². The van der Waals surface area contributed by atoms with Gasteiger partial charge in [-0.05, 0) is 37.3 Å². The number of piperidine rings is 1. The number of hydrogen-bond acceptors (Lipinski definition) is 3. The number of urea groups is 1. The van der Waals surface area contributed by atoms with E-state index in [2.05, 4.69) is 11.6 Å². The Labute approximate surface area is 144 Å². The summed E-state index contributed by atoms with van der Waals surface area (Å²) in [5, 5.41) is 0. The summed E-state index contributed by atoms with van der Waals surface area (Å²) >= 11 is 0. The van der Waals surface area contributed by atoms with Crippen molar-refractivity contribution < 1.29 is 13.2 Å². The lowest BCUT2D eigenvalue weighted by Crippen LogP contribution is -2.46. The number of nitrogens with one attached hydrogen (secondary N) is 1. The molecule has 0 unspecified atom stereocenters. The van der Waals surface area contributed by atoms with Gasteiger partial charge in [-0.15, -0.1) is 0 Å². The molecule has 0 spiro atoms. The smallest absolute Gasteiger partial charge is 0.324 e. The molecule has 1 N–H and O–H groups in total. The van der Waals surface area contributed by atoms with Crippen molar-refractivity contribution in [1.82, 2.24) is 9.62 Å². The summed E-state index contributed by atoms with van der Waals surface area (Å²) in [5.41, 5.74) is 0.785. The van der Waals surface area contributed by atoms with Gasteiger partial charge in [-0.3, -0.25) is 0 Å². The third-order valence-electron chi connectivity index (χ3n) is 4.41. The summed E-state index contributed by atoms with van der Waals surface area (Å²) in [4.78, 5) is 14.0. The molecule has 1 aromatic rings. The van der Waals surface area contributed by atoms with Crippen molar-refractivity contribution >= 4 is 22.1 Å². The number of benzene rings is 1. The lowest BCUT2D eigenvalue weighted by atomic mass is 9.93. The molecule has 0 radical (unpaired) electrons. The number of likely N-dealkylation sites (tertiary alicyclic amines) is 1. The zero-order valence-electron chi connectivity index (χ0n) is 14.4. The molecular weight excluding hydrogens is 324 g/mol. The molecule has 0 atom stereocenters. The predicted octanol–water partition coefficient (Wildman–Crippen LogP) is 3.60. The van der Waals surface area contributed by atoms with Crippen molar-refractivity contribution in [1.29, 1.82) is 0 Å². The van der Waals surface area contributed by atoms with Crippen LogP contribution < -0.4 is 4.72 Å². The summed E-state index contributed by atoms with van der Waals surface area (Å²) in [6.45, 7) is 4.89. The second-order valence-electron chi connectivity index (χ2n) is 6.30. The van der Waals surface area contributed by atoms with Crippen LogP contribution in [0.4, 0.5) is 4.79 Å². The Bertz CT molecular complexity index is 675. The summed E-state index contributed by atoms with van der Waals surface area (Å²) in [7, 11) is -3.81. The highest BCUT2D eigenvalue weighted by Gasteiger charge is 2.25. The van der Waals surface area contributed by atoms with Gasteiger partial charge in [0, 0.05) is 13.1 Å². The predicted molar refractivity (Wildman–Crippen MR) is 96.7 cm³/mol. The number of carbonyl (C=O) groups is 1. The van der Waals surface area contributed by atoms with Crippen LogP contribution in [-0.2, 0) is 10.0 Å². The topological polar surface area (TPSA) is 66.5 Å². The Hall–Kier alpha value is -1.82. The van der Waals surface area contributed by atoms with Crippen molar-refractivity contribution in [2.24, 2.45) is 5.92 Å². The van der Waals surface area contributed by atoms with Crippen LogP contribution in [0.15, 0.2) is 35.2 Å². The first-order valence-corrected chi connectivity index (χ1v) is 9.95. The van der Waals surface area contributed by atoms with Crippen LogP contribution in [0.5, 0.6) is 0 Å². The van der Waals surface area contributed by atoms with Crippen molar-refractivity contribution in [2.45, 2.75) is 39.5 Å². The Morgan fingerprint density at radius 1 is 1.25 bits per heavy atom. The van der Waals surface area contributed by atoms with Crippen molar-refractivity contribution in [2.75, 3.05) is 13.1 Å². The van der Waals surface area contributed by atoms with Crippen LogP contribution in [0, 0.1) is 5.92 Å². The van der Waals surface area contributed by atoms with Crippen LogP contribution in [0.2, 0.25) is 0 Å². The van der Waals surface area contributed by atoms with E-state index in [0.717, 1.165) is 24.8 Å². The Morgan fingerprint density at radius 2 is 1.88 bits per heavy atom. The lowest BCUT2D eigenvalue weighted by molar-refractivity contribution is 0.173. The lowest BCUT2D eigenvalue weighted by Gasteiger charge is -2.31. The number of hydrogen-bond donors (Lipinski definition) is 1.